The van der Waals surface area contributed by atoms with E-state index in [1.54, 1.807) is 24.3 Å². The van der Waals surface area contributed by atoms with Crippen molar-refractivity contribution in [3.05, 3.63) is 65.3 Å². The normalized spacial score (nSPS) is 10.7. The number of fused-ring (bicyclic) bond motifs is 1. The topological polar surface area (TPSA) is 77.5 Å². The van der Waals surface area contributed by atoms with Gasteiger partial charge in [-0.1, -0.05) is 41.9 Å². The van der Waals surface area contributed by atoms with Crippen molar-refractivity contribution in [2.24, 2.45) is 0 Å². The highest BCUT2D eigenvalue weighted by Gasteiger charge is 2.17. The van der Waals surface area contributed by atoms with Gasteiger partial charge in [0.1, 0.15) is 10.9 Å². The SMILES string of the molecule is O=C(COC(=O)c1cc(Cl)nc2ccccc12)Nc1ccccc1OC(F)F. The van der Waals surface area contributed by atoms with Crippen molar-refractivity contribution < 1.29 is 27.8 Å². The van der Waals surface area contributed by atoms with Crippen molar-refractivity contribution in [2.45, 2.75) is 6.61 Å². The minimum Gasteiger partial charge on any atom is -0.452 e. The first-order chi connectivity index (χ1) is 13.4. The van der Waals surface area contributed by atoms with Crippen LogP contribution < -0.4 is 10.1 Å². The minimum absolute atomic E-state index is 0.0289. The van der Waals surface area contributed by atoms with E-state index in [1.165, 1.54) is 30.3 Å². The molecule has 0 saturated carbocycles. The van der Waals surface area contributed by atoms with E-state index in [1.807, 2.05) is 0 Å². The van der Waals surface area contributed by atoms with Crippen LogP contribution in [0.3, 0.4) is 0 Å². The van der Waals surface area contributed by atoms with Gasteiger partial charge in [-0.2, -0.15) is 8.78 Å². The second kappa shape index (κ2) is 8.62. The number of halogens is 3. The Kier molecular flexibility index (Phi) is 6.00. The number of pyridine rings is 1. The Morgan fingerprint density at radius 2 is 1.82 bits per heavy atom. The summed E-state index contributed by atoms with van der Waals surface area (Å²) in [5.74, 6) is -1.69. The summed E-state index contributed by atoms with van der Waals surface area (Å²) in [6.45, 7) is -3.67. The molecule has 0 bridgehead atoms. The third-order valence-electron chi connectivity index (χ3n) is 3.62. The van der Waals surface area contributed by atoms with Crippen molar-refractivity contribution in [1.82, 2.24) is 4.98 Å². The number of nitrogens with one attached hydrogen (secondary N) is 1. The van der Waals surface area contributed by atoms with Crippen LogP contribution in [0, 0.1) is 0 Å². The number of hydrogen-bond donors (Lipinski definition) is 1. The quantitative estimate of drug-likeness (QED) is 0.488. The molecule has 1 aromatic heterocycles. The fourth-order valence-corrected chi connectivity index (χ4v) is 2.68. The van der Waals surface area contributed by atoms with Gasteiger partial charge in [-0.15, -0.1) is 0 Å². The average molecular weight is 407 g/mol. The van der Waals surface area contributed by atoms with Gasteiger partial charge in [0.15, 0.2) is 6.61 Å². The van der Waals surface area contributed by atoms with E-state index in [2.05, 4.69) is 15.0 Å². The molecule has 0 aliphatic carbocycles. The van der Waals surface area contributed by atoms with E-state index in [0.717, 1.165) is 0 Å². The second-order valence-electron chi connectivity index (χ2n) is 5.51. The lowest BCUT2D eigenvalue weighted by Gasteiger charge is -2.12. The Bertz CT molecular complexity index is 1030. The number of anilines is 1. The molecule has 0 aliphatic heterocycles. The van der Waals surface area contributed by atoms with Gasteiger partial charge in [0, 0.05) is 5.39 Å². The Balaban J connectivity index is 1.68. The van der Waals surface area contributed by atoms with Crippen LogP contribution in [0.4, 0.5) is 14.5 Å². The number of benzene rings is 2. The molecule has 0 spiro atoms. The summed E-state index contributed by atoms with van der Waals surface area (Å²) < 4.78 is 34.2. The van der Waals surface area contributed by atoms with Crippen LogP contribution in [0.5, 0.6) is 5.75 Å². The molecule has 0 unspecified atom stereocenters. The fraction of sp³-hybridized carbons (Fsp3) is 0.105. The molecule has 9 heteroatoms. The molecule has 3 aromatic rings. The van der Waals surface area contributed by atoms with Crippen molar-refractivity contribution >= 4 is 40.1 Å². The van der Waals surface area contributed by atoms with E-state index in [9.17, 15) is 18.4 Å². The zero-order valence-electron chi connectivity index (χ0n) is 14.2. The Morgan fingerprint density at radius 3 is 2.61 bits per heavy atom. The van der Waals surface area contributed by atoms with Gasteiger partial charge in [-0.25, -0.2) is 9.78 Å². The lowest BCUT2D eigenvalue weighted by Crippen LogP contribution is -2.21. The lowest BCUT2D eigenvalue weighted by atomic mass is 10.1. The van der Waals surface area contributed by atoms with Crippen molar-refractivity contribution in [3.63, 3.8) is 0 Å². The fourth-order valence-electron chi connectivity index (χ4n) is 2.48. The third-order valence-corrected chi connectivity index (χ3v) is 3.81. The standard InChI is InChI=1S/C19H13ClF2N2O4/c20-16-9-12(11-5-1-2-6-13(11)23-16)18(26)27-10-17(25)24-14-7-3-4-8-15(14)28-19(21)22/h1-9,19H,10H2,(H,24,25). The summed E-state index contributed by atoms with van der Waals surface area (Å²) in [4.78, 5) is 28.5. The summed E-state index contributed by atoms with van der Waals surface area (Å²) in [6, 6.07) is 13.8. The van der Waals surface area contributed by atoms with E-state index >= 15 is 0 Å². The minimum atomic E-state index is -3.04. The summed E-state index contributed by atoms with van der Waals surface area (Å²) >= 11 is 5.92. The maximum absolute atomic E-state index is 12.4. The second-order valence-corrected chi connectivity index (χ2v) is 5.90. The Hall–Kier alpha value is -3.26. The number of carbonyl (C=O) groups is 2. The molecule has 1 amide bonds. The van der Waals surface area contributed by atoms with Crippen LogP contribution in [-0.4, -0.2) is 30.1 Å². The van der Waals surface area contributed by atoms with E-state index in [4.69, 9.17) is 16.3 Å². The summed E-state index contributed by atoms with van der Waals surface area (Å²) in [7, 11) is 0. The van der Waals surface area contributed by atoms with Gasteiger partial charge in [0.05, 0.1) is 16.8 Å². The van der Waals surface area contributed by atoms with Crippen molar-refractivity contribution in [3.8, 4) is 5.75 Å². The first-order valence-electron chi connectivity index (χ1n) is 8.00. The summed E-state index contributed by atoms with van der Waals surface area (Å²) in [5, 5.41) is 2.98. The largest absolute Gasteiger partial charge is 0.452 e. The smallest absolute Gasteiger partial charge is 0.387 e. The molecule has 1 N–H and O–H groups in total. The maximum Gasteiger partial charge on any atom is 0.387 e. The van der Waals surface area contributed by atoms with Gasteiger partial charge >= 0.3 is 12.6 Å². The number of ether oxygens (including phenoxy) is 2. The molecular formula is C19H13ClF2N2O4. The van der Waals surface area contributed by atoms with E-state index in [-0.39, 0.29) is 22.2 Å². The molecule has 6 nitrogen and oxygen atoms in total. The lowest BCUT2D eigenvalue weighted by molar-refractivity contribution is -0.119. The first-order valence-corrected chi connectivity index (χ1v) is 8.38. The zero-order chi connectivity index (χ0) is 20.1. The number of hydrogen-bond acceptors (Lipinski definition) is 5. The van der Waals surface area contributed by atoms with Gasteiger partial charge in [-0.3, -0.25) is 4.79 Å². The number of aromatic nitrogens is 1. The van der Waals surface area contributed by atoms with Gasteiger partial charge in [0.25, 0.3) is 5.91 Å². The number of carbonyl (C=O) groups excluding carboxylic acids is 2. The van der Waals surface area contributed by atoms with E-state index < -0.39 is 25.1 Å². The molecule has 0 atom stereocenters. The Morgan fingerprint density at radius 1 is 1.11 bits per heavy atom. The number of esters is 1. The predicted octanol–water partition coefficient (Wildman–Crippen LogP) is 4.29. The molecule has 144 valence electrons. The van der Waals surface area contributed by atoms with Crippen LogP contribution in [0.15, 0.2) is 54.6 Å². The Labute approximate surface area is 163 Å². The monoisotopic (exact) mass is 406 g/mol. The summed E-state index contributed by atoms with van der Waals surface area (Å²) in [5.41, 5.74) is 0.690. The highest BCUT2D eigenvalue weighted by molar-refractivity contribution is 6.30. The third kappa shape index (κ3) is 4.72. The number of amides is 1. The number of para-hydroxylation sites is 3. The van der Waals surface area contributed by atoms with Crippen molar-refractivity contribution in [1.29, 1.82) is 0 Å². The molecule has 2 aromatic carbocycles. The van der Waals surface area contributed by atoms with Crippen LogP contribution in [0.25, 0.3) is 10.9 Å². The molecule has 0 fully saturated rings. The molecule has 0 radical (unpaired) electrons. The maximum atomic E-state index is 12.4. The summed E-state index contributed by atoms with van der Waals surface area (Å²) in [6.07, 6.45) is 0. The first kappa shape index (κ1) is 19.5. The molecule has 28 heavy (non-hydrogen) atoms. The number of nitrogens with zero attached hydrogens (tertiary/aromatic N) is 1. The van der Waals surface area contributed by atoms with Crippen LogP contribution in [-0.2, 0) is 9.53 Å². The highest BCUT2D eigenvalue weighted by Crippen LogP contribution is 2.25. The predicted molar refractivity (Wildman–Crippen MR) is 98.7 cm³/mol. The van der Waals surface area contributed by atoms with Crippen molar-refractivity contribution in [2.75, 3.05) is 11.9 Å². The molecule has 1 heterocycles. The van der Waals surface area contributed by atoms with Gasteiger partial charge in [0.2, 0.25) is 0 Å². The van der Waals surface area contributed by atoms with Crippen LogP contribution in [0.1, 0.15) is 10.4 Å². The number of rotatable bonds is 6. The highest BCUT2D eigenvalue weighted by atomic mass is 35.5. The van der Waals surface area contributed by atoms with Gasteiger partial charge < -0.3 is 14.8 Å². The molecule has 3 rings (SSSR count). The van der Waals surface area contributed by atoms with E-state index in [0.29, 0.717) is 10.9 Å². The number of alkyl halides is 2. The average Bonchev–Trinajstić information content (AvgIpc) is 2.66. The molecule has 0 aliphatic rings. The molecule has 0 saturated heterocycles. The zero-order valence-corrected chi connectivity index (χ0v) is 15.0. The van der Waals surface area contributed by atoms with Crippen LogP contribution >= 0.6 is 11.6 Å². The van der Waals surface area contributed by atoms with Crippen LogP contribution in [0.2, 0.25) is 5.15 Å². The molecular weight excluding hydrogens is 394 g/mol. The van der Waals surface area contributed by atoms with Gasteiger partial charge in [-0.05, 0) is 24.3 Å².